The second-order valence-corrected chi connectivity index (χ2v) is 2.63. The van der Waals surface area contributed by atoms with Crippen LogP contribution in [0.3, 0.4) is 0 Å². The number of nitrogens with two attached hydrogens (primary N) is 1. The Morgan fingerprint density at radius 1 is 1.62 bits per heavy atom. The van der Waals surface area contributed by atoms with Crippen molar-refractivity contribution in [2.75, 3.05) is 5.73 Å². The van der Waals surface area contributed by atoms with Crippen LogP contribution in [-0.2, 0) is 5.88 Å². The van der Waals surface area contributed by atoms with Gasteiger partial charge in [-0.2, -0.15) is 0 Å². The van der Waals surface area contributed by atoms with Crippen molar-refractivity contribution in [3.05, 3.63) is 17.3 Å². The molecule has 72 valence electrons. The molecular formula is C7H7ClF2N2O. The van der Waals surface area contributed by atoms with Crippen LogP contribution in [0, 0.1) is 0 Å². The Morgan fingerprint density at radius 2 is 2.23 bits per heavy atom. The van der Waals surface area contributed by atoms with Gasteiger partial charge >= 0.3 is 0 Å². The number of halogens is 3. The summed E-state index contributed by atoms with van der Waals surface area (Å²) in [7, 11) is 0. The summed E-state index contributed by atoms with van der Waals surface area (Å²) in [5, 5.41) is 9.13. The van der Waals surface area contributed by atoms with Crippen LogP contribution >= 0.6 is 11.6 Å². The van der Waals surface area contributed by atoms with Crippen LogP contribution in [0.2, 0.25) is 0 Å². The number of aromatic nitrogens is 1. The normalized spacial score (nSPS) is 10.8. The fraction of sp³-hybridized carbons (Fsp3) is 0.286. The van der Waals surface area contributed by atoms with Crippen LogP contribution in [0.5, 0.6) is 5.75 Å². The summed E-state index contributed by atoms with van der Waals surface area (Å²) >= 11 is 5.37. The molecule has 0 aliphatic rings. The van der Waals surface area contributed by atoms with Gasteiger partial charge in [-0.25, -0.2) is 13.8 Å². The Kier molecular flexibility index (Phi) is 2.87. The minimum Gasteiger partial charge on any atom is -0.506 e. The number of alkyl halides is 3. The van der Waals surface area contributed by atoms with Crippen LogP contribution < -0.4 is 5.73 Å². The minimum absolute atomic E-state index is 0.0699. The lowest BCUT2D eigenvalue weighted by Crippen LogP contribution is -2.01. The first-order valence-electron chi connectivity index (χ1n) is 3.38. The van der Waals surface area contributed by atoms with Gasteiger partial charge in [-0.1, -0.05) is 0 Å². The third-order valence-electron chi connectivity index (χ3n) is 1.50. The van der Waals surface area contributed by atoms with E-state index < -0.39 is 12.0 Å². The van der Waals surface area contributed by atoms with Gasteiger partial charge in [0.1, 0.15) is 11.6 Å². The summed E-state index contributed by atoms with van der Waals surface area (Å²) in [6.07, 6.45) is -2.75. The molecule has 0 amide bonds. The van der Waals surface area contributed by atoms with Crippen molar-refractivity contribution in [1.82, 2.24) is 4.98 Å². The molecule has 1 aromatic heterocycles. The Morgan fingerprint density at radius 3 is 2.69 bits per heavy atom. The maximum absolute atomic E-state index is 12.2. The number of hydrogen-bond acceptors (Lipinski definition) is 3. The first-order chi connectivity index (χ1) is 6.06. The van der Waals surface area contributed by atoms with Crippen molar-refractivity contribution in [2.45, 2.75) is 12.3 Å². The molecule has 3 N–H and O–H groups in total. The summed E-state index contributed by atoms with van der Waals surface area (Å²) in [5.41, 5.74) is 4.83. The SMILES string of the molecule is Nc1nc(CCl)c(O)cc1C(F)F. The first kappa shape index (κ1) is 9.98. The topological polar surface area (TPSA) is 59.1 Å². The lowest BCUT2D eigenvalue weighted by atomic mass is 10.2. The van der Waals surface area contributed by atoms with Crippen molar-refractivity contribution in [1.29, 1.82) is 0 Å². The van der Waals surface area contributed by atoms with Crippen LogP contribution in [0.15, 0.2) is 6.07 Å². The van der Waals surface area contributed by atoms with Crippen molar-refractivity contribution in [3.8, 4) is 5.75 Å². The number of pyridine rings is 1. The smallest absolute Gasteiger partial charge is 0.267 e. The third-order valence-corrected chi connectivity index (χ3v) is 1.75. The number of anilines is 1. The maximum atomic E-state index is 12.2. The van der Waals surface area contributed by atoms with Gasteiger partial charge < -0.3 is 10.8 Å². The summed E-state index contributed by atoms with van der Waals surface area (Å²) in [6.45, 7) is 0. The molecule has 3 nitrogen and oxygen atoms in total. The van der Waals surface area contributed by atoms with E-state index in [1.807, 2.05) is 0 Å². The van der Waals surface area contributed by atoms with Gasteiger partial charge in [0.25, 0.3) is 6.43 Å². The zero-order chi connectivity index (χ0) is 10.0. The average Bonchev–Trinajstić information content (AvgIpc) is 2.07. The van der Waals surface area contributed by atoms with Crippen molar-refractivity contribution in [3.63, 3.8) is 0 Å². The summed E-state index contributed by atoms with van der Waals surface area (Å²) in [5.74, 6) is -0.734. The maximum Gasteiger partial charge on any atom is 0.267 e. The van der Waals surface area contributed by atoms with E-state index in [4.69, 9.17) is 22.4 Å². The highest BCUT2D eigenvalue weighted by Gasteiger charge is 2.15. The van der Waals surface area contributed by atoms with Gasteiger partial charge in [0, 0.05) is 0 Å². The second kappa shape index (κ2) is 3.74. The molecule has 6 heteroatoms. The number of nitrogens with zero attached hydrogens (tertiary/aromatic N) is 1. The second-order valence-electron chi connectivity index (χ2n) is 2.36. The van der Waals surface area contributed by atoms with Crippen LogP contribution in [0.25, 0.3) is 0 Å². The summed E-state index contributed by atoms with van der Waals surface area (Å²) in [4.78, 5) is 3.53. The zero-order valence-electron chi connectivity index (χ0n) is 6.47. The Hall–Kier alpha value is -1.10. The van der Waals surface area contributed by atoms with Crippen molar-refractivity contribution < 1.29 is 13.9 Å². The highest BCUT2D eigenvalue weighted by atomic mass is 35.5. The van der Waals surface area contributed by atoms with Gasteiger partial charge in [0.15, 0.2) is 0 Å². The van der Waals surface area contributed by atoms with Crippen LogP contribution in [0.1, 0.15) is 17.7 Å². The lowest BCUT2D eigenvalue weighted by Gasteiger charge is -2.06. The predicted octanol–water partition coefficient (Wildman–Crippen LogP) is 2.05. The molecule has 1 aromatic rings. The Labute approximate surface area is 78.1 Å². The van der Waals surface area contributed by atoms with Crippen LogP contribution in [-0.4, -0.2) is 10.1 Å². The van der Waals surface area contributed by atoms with Gasteiger partial charge in [0.2, 0.25) is 0 Å². The van der Waals surface area contributed by atoms with E-state index in [1.54, 1.807) is 0 Å². The molecule has 0 atom stereocenters. The largest absolute Gasteiger partial charge is 0.506 e. The molecule has 0 aliphatic heterocycles. The van der Waals surface area contributed by atoms with Crippen molar-refractivity contribution >= 4 is 17.4 Å². The molecule has 0 bridgehead atoms. The van der Waals surface area contributed by atoms with E-state index in [1.165, 1.54) is 0 Å². The number of rotatable bonds is 2. The Bertz CT molecular complexity index is 320. The molecule has 1 heterocycles. The highest BCUT2D eigenvalue weighted by molar-refractivity contribution is 6.17. The average molecular weight is 209 g/mol. The van der Waals surface area contributed by atoms with Gasteiger partial charge in [-0.15, -0.1) is 11.6 Å². The molecule has 0 saturated carbocycles. The summed E-state index contributed by atoms with van der Waals surface area (Å²) < 4.78 is 24.4. The number of hydrogen-bond donors (Lipinski definition) is 2. The van der Waals surface area contributed by atoms with E-state index in [9.17, 15) is 8.78 Å². The predicted molar refractivity (Wildman–Crippen MR) is 44.8 cm³/mol. The van der Waals surface area contributed by atoms with E-state index in [2.05, 4.69) is 4.98 Å². The van der Waals surface area contributed by atoms with E-state index in [0.717, 1.165) is 6.07 Å². The van der Waals surface area contributed by atoms with Gasteiger partial charge in [-0.05, 0) is 6.07 Å². The van der Waals surface area contributed by atoms with E-state index in [0.29, 0.717) is 0 Å². The van der Waals surface area contributed by atoms with Crippen LogP contribution in [0.4, 0.5) is 14.6 Å². The van der Waals surface area contributed by atoms with Gasteiger partial charge in [0.05, 0.1) is 17.1 Å². The number of nitrogen functional groups attached to an aromatic ring is 1. The highest BCUT2D eigenvalue weighted by Crippen LogP contribution is 2.29. The minimum atomic E-state index is -2.75. The standard InChI is InChI=1S/C7H7ClF2N2O/c8-2-4-5(13)1-3(6(9)10)7(11)12-4/h1,6,13H,2H2,(H2,11,12). The molecule has 0 spiro atoms. The molecule has 0 unspecified atom stereocenters. The molecular weight excluding hydrogens is 202 g/mol. The molecule has 0 aliphatic carbocycles. The van der Waals surface area contributed by atoms with E-state index >= 15 is 0 Å². The fourth-order valence-corrected chi connectivity index (χ4v) is 1.04. The van der Waals surface area contributed by atoms with E-state index in [-0.39, 0.29) is 23.1 Å². The Balaban J connectivity index is 3.20. The number of aromatic hydroxyl groups is 1. The summed E-state index contributed by atoms with van der Waals surface area (Å²) in [6, 6.07) is 0.880. The first-order valence-corrected chi connectivity index (χ1v) is 3.92. The monoisotopic (exact) mass is 208 g/mol. The lowest BCUT2D eigenvalue weighted by molar-refractivity contribution is 0.151. The zero-order valence-corrected chi connectivity index (χ0v) is 7.22. The quantitative estimate of drug-likeness (QED) is 0.732. The third kappa shape index (κ3) is 1.98. The molecule has 0 aromatic carbocycles. The molecule has 0 radical (unpaired) electrons. The molecule has 0 saturated heterocycles. The van der Waals surface area contributed by atoms with Gasteiger partial charge in [-0.3, -0.25) is 0 Å². The molecule has 0 fully saturated rings. The fourth-order valence-electron chi connectivity index (χ4n) is 0.845. The molecule has 13 heavy (non-hydrogen) atoms. The molecule has 1 rings (SSSR count). The van der Waals surface area contributed by atoms with Crippen molar-refractivity contribution in [2.24, 2.45) is 0 Å².